The summed E-state index contributed by atoms with van der Waals surface area (Å²) in [4.78, 5) is 5.58. The van der Waals surface area contributed by atoms with Gasteiger partial charge in [0, 0.05) is 17.5 Å². The Bertz CT molecular complexity index is 336. The van der Waals surface area contributed by atoms with Crippen LogP contribution in [-0.4, -0.2) is 24.3 Å². The van der Waals surface area contributed by atoms with Gasteiger partial charge in [0.2, 0.25) is 0 Å². The summed E-state index contributed by atoms with van der Waals surface area (Å²) in [6, 6.07) is 10.8. The molecule has 0 atom stereocenters. The lowest BCUT2D eigenvalue weighted by Gasteiger charge is -2.08. The van der Waals surface area contributed by atoms with Gasteiger partial charge < -0.3 is 11.1 Å². The predicted octanol–water partition coefficient (Wildman–Crippen LogP) is 2.48. The Balaban J connectivity index is 2.12. The minimum Gasteiger partial charge on any atom is -0.370 e. The fraction of sp³-hybridized carbons (Fsp3) is 0.462. The predicted molar refractivity (Wildman–Crippen MR) is 76.5 cm³/mol. The summed E-state index contributed by atoms with van der Waals surface area (Å²) in [5, 5.41) is 3.07. The van der Waals surface area contributed by atoms with Crippen LogP contribution in [-0.2, 0) is 0 Å². The molecule has 4 heteroatoms. The normalized spacial score (nSPS) is 11.8. The molecule has 1 aromatic rings. The first-order valence-corrected chi connectivity index (χ1v) is 6.91. The van der Waals surface area contributed by atoms with Gasteiger partial charge in [-0.1, -0.05) is 18.2 Å². The van der Waals surface area contributed by atoms with Gasteiger partial charge in [0.05, 0.1) is 0 Å². The van der Waals surface area contributed by atoms with Gasteiger partial charge in [-0.05, 0) is 38.2 Å². The zero-order valence-corrected chi connectivity index (χ0v) is 11.3. The summed E-state index contributed by atoms with van der Waals surface area (Å²) in [5.41, 5.74) is 5.70. The lowest BCUT2D eigenvalue weighted by Crippen LogP contribution is -2.36. The van der Waals surface area contributed by atoms with E-state index in [-0.39, 0.29) is 0 Å². The summed E-state index contributed by atoms with van der Waals surface area (Å²) < 4.78 is 0. The number of nitrogens with one attached hydrogen (secondary N) is 1. The molecule has 94 valence electrons. The molecule has 0 heterocycles. The topological polar surface area (TPSA) is 50.4 Å². The van der Waals surface area contributed by atoms with E-state index >= 15 is 0 Å². The van der Waals surface area contributed by atoms with Gasteiger partial charge in [-0.3, -0.25) is 4.99 Å². The molecule has 3 N–H and O–H groups in total. The van der Waals surface area contributed by atoms with Crippen molar-refractivity contribution in [1.82, 2.24) is 5.32 Å². The van der Waals surface area contributed by atoms with Gasteiger partial charge in [-0.2, -0.15) is 0 Å². The molecule has 0 saturated heterocycles. The molecule has 0 bridgehead atoms. The van der Waals surface area contributed by atoms with Crippen LogP contribution in [0.15, 0.2) is 40.2 Å². The molecule has 0 saturated carbocycles. The average molecular weight is 251 g/mol. The maximum absolute atomic E-state index is 5.70. The first kappa shape index (κ1) is 13.9. The standard InChI is InChI=1S/C13H21N3S/c1-11(2)16-13(14)15-9-6-10-17-12-7-4-3-5-8-12/h3-5,7-8,11H,6,9-10H2,1-2H3,(H3,14,15,16). The van der Waals surface area contributed by atoms with Crippen molar-refractivity contribution in [2.75, 3.05) is 12.3 Å². The van der Waals surface area contributed by atoms with E-state index in [4.69, 9.17) is 5.73 Å². The highest BCUT2D eigenvalue weighted by atomic mass is 32.2. The molecule has 0 aliphatic rings. The van der Waals surface area contributed by atoms with Gasteiger partial charge in [0.25, 0.3) is 0 Å². The summed E-state index contributed by atoms with van der Waals surface area (Å²) >= 11 is 1.86. The number of nitrogens with zero attached hydrogens (tertiary/aromatic N) is 1. The molecule has 0 fully saturated rings. The molecule has 0 spiro atoms. The van der Waals surface area contributed by atoms with E-state index in [0.717, 1.165) is 18.7 Å². The van der Waals surface area contributed by atoms with Crippen LogP contribution < -0.4 is 11.1 Å². The zero-order chi connectivity index (χ0) is 12.5. The van der Waals surface area contributed by atoms with E-state index in [0.29, 0.717) is 12.0 Å². The summed E-state index contributed by atoms with van der Waals surface area (Å²) in [7, 11) is 0. The highest BCUT2D eigenvalue weighted by Crippen LogP contribution is 2.17. The van der Waals surface area contributed by atoms with Crippen molar-refractivity contribution < 1.29 is 0 Å². The van der Waals surface area contributed by atoms with E-state index in [9.17, 15) is 0 Å². The molecule has 0 aliphatic carbocycles. The second kappa shape index (κ2) is 8.01. The average Bonchev–Trinajstić information content (AvgIpc) is 2.29. The van der Waals surface area contributed by atoms with Gasteiger partial charge in [0.15, 0.2) is 5.96 Å². The lowest BCUT2D eigenvalue weighted by molar-refractivity contribution is 0.722. The van der Waals surface area contributed by atoms with Crippen LogP contribution in [0.3, 0.4) is 0 Å². The van der Waals surface area contributed by atoms with Crippen LogP contribution >= 0.6 is 11.8 Å². The Labute approximate surface area is 108 Å². The van der Waals surface area contributed by atoms with Crippen molar-refractivity contribution in [3.63, 3.8) is 0 Å². The van der Waals surface area contributed by atoms with E-state index in [1.807, 2.05) is 31.7 Å². The van der Waals surface area contributed by atoms with Crippen molar-refractivity contribution in [3.8, 4) is 0 Å². The van der Waals surface area contributed by atoms with Gasteiger partial charge in [-0.15, -0.1) is 11.8 Å². The molecular weight excluding hydrogens is 230 g/mol. The van der Waals surface area contributed by atoms with Crippen LogP contribution in [0.1, 0.15) is 20.3 Å². The number of hydrogen-bond acceptors (Lipinski definition) is 2. The highest BCUT2D eigenvalue weighted by molar-refractivity contribution is 7.99. The maximum atomic E-state index is 5.70. The van der Waals surface area contributed by atoms with Crippen molar-refractivity contribution in [2.45, 2.75) is 31.2 Å². The molecule has 0 amide bonds. The van der Waals surface area contributed by atoms with E-state index in [1.165, 1.54) is 4.90 Å². The SMILES string of the molecule is CC(C)NC(N)=NCCCSc1ccccc1. The third-order valence-corrected chi connectivity index (χ3v) is 3.13. The van der Waals surface area contributed by atoms with Crippen LogP contribution in [0.2, 0.25) is 0 Å². The van der Waals surface area contributed by atoms with Crippen LogP contribution in [0, 0.1) is 0 Å². The number of guanidine groups is 1. The quantitative estimate of drug-likeness (QED) is 0.353. The summed E-state index contributed by atoms with van der Waals surface area (Å²) in [6.45, 7) is 4.88. The molecule has 0 unspecified atom stereocenters. The van der Waals surface area contributed by atoms with Crippen LogP contribution in [0.5, 0.6) is 0 Å². The second-order valence-corrected chi connectivity index (χ2v) is 5.25. The van der Waals surface area contributed by atoms with Crippen molar-refractivity contribution in [2.24, 2.45) is 10.7 Å². The molecule has 0 radical (unpaired) electrons. The molecular formula is C13H21N3S. The molecule has 3 nitrogen and oxygen atoms in total. The van der Waals surface area contributed by atoms with E-state index < -0.39 is 0 Å². The second-order valence-electron chi connectivity index (χ2n) is 4.08. The first-order valence-electron chi connectivity index (χ1n) is 5.93. The van der Waals surface area contributed by atoms with Crippen LogP contribution in [0.25, 0.3) is 0 Å². The third-order valence-electron chi connectivity index (χ3n) is 2.03. The molecule has 0 aliphatic heterocycles. The molecule has 1 aromatic carbocycles. The Hall–Kier alpha value is -1.16. The highest BCUT2D eigenvalue weighted by Gasteiger charge is 1.95. The monoisotopic (exact) mass is 251 g/mol. The fourth-order valence-corrected chi connectivity index (χ4v) is 2.17. The van der Waals surface area contributed by atoms with Crippen molar-refractivity contribution in [1.29, 1.82) is 0 Å². The van der Waals surface area contributed by atoms with Gasteiger partial charge >= 0.3 is 0 Å². The maximum Gasteiger partial charge on any atom is 0.188 e. The molecule has 0 aromatic heterocycles. The Kier molecular flexibility index (Phi) is 6.55. The van der Waals surface area contributed by atoms with Crippen molar-refractivity contribution >= 4 is 17.7 Å². The Morgan fingerprint density at radius 1 is 1.35 bits per heavy atom. The largest absolute Gasteiger partial charge is 0.370 e. The fourth-order valence-electron chi connectivity index (χ4n) is 1.31. The van der Waals surface area contributed by atoms with E-state index in [1.54, 1.807) is 0 Å². The number of aliphatic imine (C=N–C) groups is 1. The number of rotatable bonds is 6. The van der Waals surface area contributed by atoms with E-state index in [2.05, 4.69) is 34.6 Å². The summed E-state index contributed by atoms with van der Waals surface area (Å²) in [5.74, 6) is 1.62. The summed E-state index contributed by atoms with van der Waals surface area (Å²) in [6.07, 6.45) is 1.04. The van der Waals surface area contributed by atoms with Crippen molar-refractivity contribution in [3.05, 3.63) is 30.3 Å². The lowest BCUT2D eigenvalue weighted by atomic mass is 10.4. The Morgan fingerprint density at radius 2 is 2.06 bits per heavy atom. The number of benzene rings is 1. The number of hydrogen-bond donors (Lipinski definition) is 2. The minimum absolute atomic E-state index is 0.345. The minimum atomic E-state index is 0.345. The number of thioether (sulfide) groups is 1. The molecule has 17 heavy (non-hydrogen) atoms. The van der Waals surface area contributed by atoms with Crippen LogP contribution in [0.4, 0.5) is 0 Å². The van der Waals surface area contributed by atoms with Gasteiger partial charge in [0.1, 0.15) is 0 Å². The first-order chi connectivity index (χ1) is 8.18. The Morgan fingerprint density at radius 3 is 2.71 bits per heavy atom. The number of nitrogens with two attached hydrogens (primary N) is 1. The molecule has 1 rings (SSSR count). The van der Waals surface area contributed by atoms with Gasteiger partial charge in [-0.25, -0.2) is 0 Å². The zero-order valence-electron chi connectivity index (χ0n) is 10.5. The third kappa shape index (κ3) is 6.89. The smallest absolute Gasteiger partial charge is 0.188 e.